The van der Waals surface area contributed by atoms with Crippen LogP contribution < -0.4 is 9.47 Å². The van der Waals surface area contributed by atoms with Gasteiger partial charge in [0.05, 0.1) is 31.3 Å². The Morgan fingerprint density at radius 2 is 1.14 bits per heavy atom. The molecule has 1 saturated carbocycles. The summed E-state index contributed by atoms with van der Waals surface area (Å²) in [5.41, 5.74) is 1.96. The molecule has 3 rings (SSSR count). The van der Waals surface area contributed by atoms with Crippen LogP contribution in [-0.2, 0) is 44.6 Å². The predicted octanol–water partition coefficient (Wildman–Crippen LogP) is 4.45. The van der Waals surface area contributed by atoms with Gasteiger partial charge in [-0.2, -0.15) is 0 Å². The van der Waals surface area contributed by atoms with Crippen LogP contribution in [0.4, 0.5) is 0 Å². The molecule has 0 radical (unpaired) electrons. The lowest BCUT2D eigenvalue weighted by molar-refractivity contribution is -0.152. The van der Waals surface area contributed by atoms with Gasteiger partial charge in [-0.15, -0.1) is 0 Å². The Bertz CT molecular complexity index is 1220. The van der Waals surface area contributed by atoms with Crippen LogP contribution in [0.15, 0.2) is 61.2 Å². The van der Waals surface area contributed by atoms with E-state index in [2.05, 4.69) is 11.3 Å². The summed E-state index contributed by atoms with van der Waals surface area (Å²) in [6, 6.07) is 14.2. The van der Waals surface area contributed by atoms with Gasteiger partial charge in [0.15, 0.2) is 0 Å². The summed E-state index contributed by atoms with van der Waals surface area (Å²) in [5, 5.41) is 0. The number of ether oxygens (including phenoxy) is 5. The van der Waals surface area contributed by atoms with Gasteiger partial charge in [0.2, 0.25) is 0 Å². The summed E-state index contributed by atoms with van der Waals surface area (Å²) in [7, 11) is 0. The van der Waals surface area contributed by atoms with Crippen molar-refractivity contribution >= 4 is 29.8 Å². The molecule has 0 N–H and O–H groups in total. The van der Waals surface area contributed by atoms with E-state index in [-0.39, 0.29) is 56.4 Å². The van der Waals surface area contributed by atoms with E-state index in [1.165, 1.54) is 0 Å². The maximum absolute atomic E-state index is 12.7. The third kappa shape index (κ3) is 11.2. The summed E-state index contributed by atoms with van der Waals surface area (Å²) >= 11 is 0. The van der Waals surface area contributed by atoms with E-state index in [4.69, 9.17) is 18.9 Å². The number of carbonyl (C=O) groups excluding carboxylic acids is 5. The molecule has 0 bridgehead atoms. The van der Waals surface area contributed by atoms with Gasteiger partial charge >= 0.3 is 29.8 Å². The van der Waals surface area contributed by atoms with Gasteiger partial charge in [0, 0.05) is 12.5 Å². The monoisotopic (exact) mass is 580 g/mol. The first-order valence-corrected chi connectivity index (χ1v) is 13.9. The Balaban J connectivity index is 1.29. The number of carbonyl (C=O) groups is 5. The van der Waals surface area contributed by atoms with E-state index < -0.39 is 17.9 Å². The van der Waals surface area contributed by atoms with Crippen molar-refractivity contribution in [2.45, 2.75) is 51.9 Å². The van der Waals surface area contributed by atoms with Crippen molar-refractivity contribution in [3.8, 4) is 11.5 Å². The van der Waals surface area contributed by atoms with Crippen molar-refractivity contribution in [3.05, 3.63) is 72.3 Å². The second kappa shape index (κ2) is 16.7. The SMILES string of the molecule is C=CC(=O)OCCOC(=O)CCC(=O)OCCc1ccc(OC(=O)C2CCC(C(=O)Oc3ccc(C)cc3)CC2)cc1. The van der Waals surface area contributed by atoms with Gasteiger partial charge in [-0.25, -0.2) is 4.79 Å². The van der Waals surface area contributed by atoms with Crippen LogP contribution in [-0.4, -0.2) is 49.7 Å². The highest BCUT2D eigenvalue weighted by atomic mass is 16.6. The number of hydrogen-bond acceptors (Lipinski definition) is 10. The Morgan fingerprint density at radius 1 is 0.690 bits per heavy atom. The Hall–Kier alpha value is -4.47. The van der Waals surface area contributed by atoms with Crippen LogP contribution in [0, 0.1) is 18.8 Å². The first-order valence-electron chi connectivity index (χ1n) is 13.9. The highest BCUT2D eigenvalue weighted by Crippen LogP contribution is 2.31. The van der Waals surface area contributed by atoms with E-state index in [0.29, 0.717) is 43.6 Å². The highest BCUT2D eigenvalue weighted by Gasteiger charge is 2.32. The maximum Gasteiger partial charge on any atom is 0.330 e. The third-order valence-corrected chi connectivity index (χ3v) is 6.72. The Morgan fingerprint density at radius 3 is 1.64 bits per heavy atom. The van der Waals surface area contributed by atoms with Gasteiger partial charge in [-0.05, 0) is 62.4 Å². The molecular formula is C32H36O10. The van der Waals surface area contributed by atoms with Gasteiger partial charge in [0.25, 0.3) is 0 Å². The number of aryl methyl sites for hydroxylation is 1. The van der Waals surface area contributed by atoms with Crippen LogP contribution in [0.3, 0.4) is 0 Å². The standard InChI is InChI=1S/C32H36O10/c1-3-28(33)39-20-21-40-30(35)17-16-29(34)38-19-18-23-6-14-27(15-7-23)42-32(37)25-10-8-24(9-11-25)31(36)41-26-12-4-22(2)5-13-26/h3-7,12-15,24-25H,1,8-11,16-21H2,2H3. The molecule has 0 aliphatic heterocycles. The molecule has 1 fully saturated rings. The van der Waals surface area contributed by atoms with E-state index in [1.807, 2.05) is 19.1 Å². The zero-order chi connectivity index (χ0) is 30.3. The van der Waals surface area contributed by atoms with Gasteiger partial charge in [-0.1, -0.05) is 36.4 Å². The highest BCUT2D eigenvalue weighted by molar-refractivity contribution is 5.81. The van der Waals surface area contributed by atoms with E-state index in [1.54, 1.807) is 36.4 Å². The quantitative estimate of drug-likeness (QED) is 0.104. The summed E-state index contributed by atoms with van der Waals surface area (Å²) in [6.07, 6.45) is 3.42. The van der Waals surface area contributed by atoms with Crippen molar-refractivity contribution in [2.75, 3.05) is 19.8 Å². The summed E-state index contributed by atoms with van der Waals surface area (Å²) in [5.74, 6) is -1.91. The Kier molecular flexibility index (Phi) is 12.8. The molecule has 1 aliphatic carbocycles. The van der Waals surface area contributed by atoms with Crippen molar-refractivity contribution in [3.63, 3.8) is 0 Å². The first-order chi connectivity index (χ1) is 20.2. The fraction of sp³-hybridized carbons (Fsp3) is 0.406. The number of benzene rings is 2. The Labute approximate surface area is 244 Å². The predicted molar refractivity (Wildman–Crippen MR) is 150 cm³/mol. The molecule has 224 valence electrons. The third-order valence-electron chi connectivity index (χ3n) is 6.72. The fourth-order valence-corrected chi connectivity index (χ4v) is 4.28. The minimum Gasteiger partial charge on any atom is -0.465 e. The minimum atomic E-state index is -0.612. The topological polar surface area (TPSA) is 132 Å². The molecule has 0 unspecified atom stereocenters. The van der Waals surface area contributed by atoms with E-state index in [9.17, 15) is 24.0 Å². The van der Waals surface area contributed by atoms with E-state index >= 15 is 0 Å². The number of rotatable bonds is 14. The average Bonchev–Trinajstić information content (AvgIpc) is 3.00. The normalized spacial score (nSPS) is 16.0. The molecule has 10 nitrogen and oxygen atoms in total. The summed E-state index contributed by atoms with van der Waals surface area (Å²) < 4.78 is 25.7. The summed E-state index contributed by atoms with van der Waals surface area (Å²) in [4.78, 5) is 59.6. The molecule has 0 saturated heterocycles. The number of hydrogen-bond donors (Lipinski definition) is 0. The van der Waals surface area contributed by atoms with Crippen molar-refractivity contribution in [1.29, 1.82) is 0 Å². The molecule has 0 heterocycles. The van der Waals surface area contributed by atoms with Gasteiger partial charge in [0.1, 0.15) is 24.7 Å². The van der Waals surface area contributed by atoms with Crippen molar-refractivity contribution in [1.82, 2.24) is 0 Å². The van der Waals surface area contributed by atoms with Crippen LogP contribution >= 0.6 is 0 Å². The van der Waals surface area contributed by atoms with Crippen LogP contribution in [0.1, 0.15) is 49.7 Å². The smallest absolute Gasteiger partial charge is 0.330 e. The van der Waals surface area contributed by atoms with Gasteiger partial charge < -0.3 is 23.7 Å². The van der Waals surface area contributed by atoms with Crippen LogP contribution in [0.5, 0.6) is 11.5 Å². The second-order valence-corrected chi connectivity index (χ2v) is 9.91. The first kappa shape index (κ1) is 32.0. The lowest BCUT2D eigenvalue weighted by atomic mass is 9.82. The minimum absolute atomic E-state index is 0.0899. The average molecular weight is 581 g/mol. The molecular weight excluding hydrogens is 544 g/mol. The lowest BCUT2D eigenvalue weighted by Gasteiger charge is -2.25. The lowest BCUT2D eigenvalue weighted by Crippen LogP contribution is -2.30. The second-order valence-electron chi connectivity index (χ2n) is 9.91. The maximum atomic E-state index is 12.7. The van der Waals surface area contributed by atoms with Crippen LogP contribution in [0.25, 0.3) is 0 Å². The molecule has 0 aromatic heterocycles. The molecule has 2 aromatic rings. The molecule has 0 atom stereocenters. The van der Waals surface area contributed by atoms with Crippen molar-refractivity contribution in [2.24, 2.45) is 11.8 Å². The zero-order valence-electron chi connectivity index (χ0n) is 23.7. The van der Waals surface area contributed by atoms with E-state index in [0.717, 1.165) is 17.2 Å². The zero-order valence-corrected chi connectivity index (χ0v) is 23.7. The van der Waals surface area contributed by atoms with Gasteiger partial charge in [-0.3, -0.25) is 19.2 Å². The number of esters is 5. The molecule has 10 heteroatoms. The molecule has 0 amide bonds. The van der Waals surface area contributed by atoms with Crippen molar-refractivity contribution < 1.29 is 47.7 Å². The van der Waals surface area contributed by atoms with Crippen LogP contribution in [0.2, 0.25) is 0 Å². The largest absolute Gasteiger partial charge is 0.465 e. The fourth-order valence-electron chi connectivity index (χ4n) is 4.28. The molecule has 0 spiro atoms. The molecule has 1 aliphatic rings. The summed E-state index contributed by atoms with van der Waals surface area (Å²) in [6.45, 7) is 5.14. The molecule has 42 heavy (non-hydrogen) atoms. The molecule has 2 aromatic carbocycles.